The molecule has 0 amide bonds. The number of hydrogen-bond acceptors (Lipinski definition) is 1. The largest absolute Gasteiger partial charge is 0.311 e. The first-order valence-corrected chi connectivity index (χ1v) is 6.81. The third kappa shape index (κ3) is 2.26. The molecule has 2 saturated heterocycles. The van der Waals surface area contributed by atoms with E-state index >= 15 is 0 Å². The number of benzene rings is 1. The molecule has 0 spiro atoms. The Hall–Kier alpha value is -0.670. The van der Waals surface area contributed by atoms with Crippen LogP contribution in [0, 0.1) is 5.82 Å². The summed E-state index contributed by atoms with van der Waals surface area (Å²) in [5.74, 6) is -0.470. The molecule has 0 radical (unpaired) electrons. The van der Waals surface area contributed by atoms with Gasteiger partial charge in [-0.1, -0.05) is 23.7 Å². The van der Waals surface area contributed by atoms with Crippen LogP contribution in [-0.2, 0) is 6.42 Å². The first kappa shape index (κ1) is 12.4. The SMILES string of the molecule is Fc1c(Cl)cccc1CC1(F)CC2CCC(C1)N2. The number of hydrogen-bond donors (Lipinski definition) is 1. The maximum Gasteiger partial charge on any atom is 0.145 e. The van der Waals surface area contributed by atoms with Crippen LogP contribution < -0.4 is 5.32 Å². The lowest BCUT2D eigenvalue weighted by Crippen LogP contribution is -2.47. The zero-order valence-electron chi connectivity index (χ0n) is 10.1. The molecule has 2 aliphatic rings. The van der Waals surface area contributed by atoms with Crippen LogP contribution in [0.4, 0.5) is 8.78 Å². The predicted octanol–water partition coefficient (Wildman–Crippen LogP) is 3.64. The number of halogens is 3. The Bertz CT molecular complexity index is 451. The average Bonchev–Trinajstić information content (AvgIpc) is 2.65. The van der Waals surface area contributed by atoms with Crippen LogP contribution >= 0.6 is 11.6 Å². The minimum absolute atomic E-state index is 0.0769. The molecule has 2 fully saturated rings. The van der Waals surface area contributed by atoms with Gasteiger partial charge in [-0.05, 0) is 37.3 Å². The van der Waals surface area contributed by atoms with Gasteiger partial charge < -0.3 is 5.32 Å². The third-order valence-electron chi connectivity index (χ3n) is 4.10. The molecule has 2 unspecified atom stereocenters. The highest BCUT2D eigenvalue weighted by molar-refractivity contribution is 6.30. The molecule has 3 rings (SSSR count). The highest BCUT2D eigenvalue weighted by Crippen LogP contribution is 2.39. The normalized spacial score (nSPS) is 34.8. The minimum atomic E-state index is -1.29. The molecule has 0 aliphatic carbocycles. The molecule has 0 saturated carbocycles. The van der Waals surface area contributed by atoms with E-state index in [1.165, 1.54) is 6.07 Å². The fourth-order valence-corrected chi connectivity index (χ4v) is 3.56. The Balaban J connectivity index is 1.81. The molecule has 2 aliphatic heterocycles. The van der Waals surface area contributed by atoms with Crippen molar-refractivity contribution in [2.45, 2.75) is 49.9 Å². The molecule has 2 heterocycles. The first-order valence-electron chi connectivity index (χ1n) is 6.44. The van der Waals surface area contributed by atoms with E-state index in [-0.39, 0.29) is 23.5 Å². The van der Waals surface area contributed by atoms with Gasteiger partial charge in [0.15, 0.2) is 0 Å². The summed E-state index contributed by atoms with van der Waals surface area (Å²) in [7, 11) is 0. The highest BCUT2D eigenvalue weighted by Gasteiger charge is 2.44. The van der Waals surface area contributed by atoms with Crippen molar-refractivity contribution in [2.24, 2.45) is 0 Å². The van der Waals surface area contributed by atoms with Crippen molar-refractivity contribution in [3.63, 3.8) is 0 Å². The number of alkyl halides is 1. The Morgan fingerprint density at radius 1 is 1.28 bits per heavy atom. The number of piperidine rings is 1. The van der Waals surface area contributed by atoms with Crippen LogP contribution in [0.25, 0.3) is 0 Å². The Labute approximate surface area is 111 Å². The van der Waals surface area contributed by atoms with Gasteiger partial charge in [-0.25, -0.2) is 8.78 Å². The Morgan fingerprint density at radius 3 is 2.61 bits per heavy atom. The van der Waals surface area contributed by atoms with E-state index in [4.69, 9.17) is 11.6 Å². The van der Waals surface area contributed by atoms with Crippen molar-refractivity contribution in [1.82, 2.24) is 5.32 Å². The maximum absolute atomic E-state index is 14.9. The van der Waals surface area contributed by atoms with Crippen molar-refractivity contribution < 1.29 is 8.78 Å². The number of nitrogens with one attached hydrogen (secondary N) is 1. The highest BCUT2D eigenvalue weighted by atomic mass is 35.5. The van der Waals surface area contributed by atoms with E-state index in [1.54, 1.807) is 12.1 Å². The fourth-order valence-electron chi connectivity index (χ4n) is 3.36. The van der Waals surface area contributed by atoms with Crippen LogP contribution in [0.5, 0.6) is 0 Å². The van der Waals surface area contributed by atoms with E-state index in [2.05, 4.69) is 5.32 Å². The molecule has 1 nitrogen and oxygen atoms in total. The van der Waals surface area contributed by atoms with Crippen molar-refractivity contribution in [1.29, 1.82) is 0 Å². The van der Waals surface area contributed by atoms with Gasteiger partial charge in [-0.2, -0.15) is 0 Å². The van der Waals surface area contributed by atoms with E-state index < -0.39 is 11.5 Å². The third-order valence-corrected chi connectivity index (χ3v) is 4.39. The second-order valence-corrected chi connectivity index (χ2v) is 5.99. The summed E-state index contributed by atoms with van der Waals surface area (Å²) in [4.78, 5) is 0. The summed E-state index contributed by atoms with van der Waals surface area (Å²) in [6.45, 7) is 0. The van der Waals surface area contributed by atoms with Gasteiger partial charge in [0.2, 0.25) is 0 Å². The average molecular weight is 272 g/mol. The molecule has 1 aromatic carbocycles. The van der Waals surface area contributed by atoms with Crippen LogP contribution in [0.1, 0.15) is 31.2 Å². The zero-order valence-corrected chi connectivity index (χ0v) is 10.8. The smallest absolute Gasteiger partial charge is 0.145 e. The summed E-state index contributed by atoms with van der Waals surface area (Å²) >= 11 is 5.74. The quantitative estimate of drug-likeness (QED) is 0.866. The van der Waals surface area contributed by atoms with Gasteiger partial charge in [0.05, 0.1) is 5.02 Å². The van der Waals surface area contributed by atoms with E-state index in [9.17, 15) is 8.78 Å². The van der Waals surface area contributed by atoms with Gasteiger partial charge in [0.25, 0.3) is 0 Å². The maximum atomic E-state index is 14.9. The van der Waals surface area contributed by atoms with Gasteiger partial charge >= 0.3 is 0 Å². The standard InChI is InChI=1S/C14H16ClF2N/c15-12-3-1-2-9(13(12)16)6-14(17)7-10-4-5-11(8-14)18-10/h1-3,10-11,18H,4-8H2. The summed E-state index contributed by atoms with van der Waals surface area (Å²) in [5.41, 5.74) is -0.894. The van der Waals surface area contributed by atoms with Gasteiger partial charge in [-0.3, -0.25) is 0 Å². The summed E-state index contributed by atoms with van der Waals surface area (Å²) in [5, 5.41) is 3.47. The lowest BCUT2D eigenvalue weighted by atomic mass is 9.84. The second-order valence-electron chi connectivity index (χ2n) is 5.59. The van der Waals surface area contributed by atoms with Gasteiger partial charge in [-0.15, -0.1) is 0 Å². The van der Waals surface area contributed by atoms with Gasteiger partial charge in [0, 0.05) is 18.5 Å². The monoisotopic (exact) mass is 271 g/mol. The zero-order chi connectivity index (χ0) is 12.8. The molecular formula is C14H16ClF2N. The van der Waals surface area contributed by atoms with E-state index in [0.717, 1.165) is 12.8 Å². The molecule has 98 valence electrons. The van der Waals surface area contributed by atoms with Crippen molar-refractivity contribution in [3.05, 3.63) is 34.6 Å². The fraction of sp³-hybridized carbons (Fsp3) is 0.571. The van der Waals surface area contributed by atoms with E-state index in [1.807, 2.05) is 0 Å². The van der Waals surface area contributed by atoms with Crippen LogP contribution in [0.2, 0.25) is 5.02 Å². The number of rotatable bonds is 2. The van der Waals surface area contributed by atoms with Crippen molar-refractivity contribution >= 4 is 11.6 Å². The molecule has 1 aromatic rings. The van der Waals surface area contributed by atoms with Crippen molar-refractivity contribution in [2.75, 3.05) is 0 Å². The molecule has 4 heteroatoms. The summed E-state index contributed by atoms with van der Waals surface area (Å²) in [6, 6.07) is 5.33. The molecular weight excluding hydrogens is 256 g/mol. The predicted molar refractivity (Wildman–Crippen MR) is 68.1 cm³/mol. The second kappa shape index (κ2) is 4.46. The lowest BCUT2D eigenvalue weighted by Gasteiger charge is -2.35. The topological polar surface area (TPSA) is 12.0 Å². The minimum Gasteiger partial charge on any atom is -0.311 e. The van der Waals surface area contributed by atoms with Crippen molar-refractivity contribution in [3.8, 4) is 0 Å². The molecule has 18 heavy (non-hydrogen) atoms. The first-order chi connectivity index (χ1) is 8.56. The summed E-state index contributed by atoms with van der Waals surface area (Å²) < 4.78 is 28.7. The molecule has 2 bridgehead atoms. The Kier molecular flexibility index (Phi) is 3.07. The molecule has 2 atom stereocenters. The lowest BCUT2D eigenvalue weighted by molar-refractivity contribution is 0.0884. The molecule has 0 aromatic heterocycles. The molecule has 1 N–H and O–H groups in total. The summed E-state index contributed by atoms with van der Waals surface area (Å²) in [6.07, 6.45) is 3.17. The van der Waals surface area contributed by atoms with Crippen LogP contribution in [0.3, 0.4) is 0 Å². The van der Waals surface area contributed by atoms with E-state index in [0.29, 0.717) is 18.4 Å². The number of fused-ring (bicyclic) bond motifs is 2. The Morgan fingerprint density at radius 2 is 1.94 bits per heavy atom. The van der Waals surface area contributed by atoms with Crippen LogP contribution in [0.15, 0.2) is 18.2 Å². The van der Waals surface area contributed by atoms with Crippen LogP contribution in [-0.4, -0.2) is 17.8 Å². The van der Waals surface area contributed by atoms with Gasteiger partial charge in [0.1, 0.15) is 11.5 Å².